The fraction of sp³-hybridized carbons (Fsp3) is 0.417. The first-order valence-corrected chi connectivity index (χ1v) is 8.16. The average molecular weight is 308 g/mol. The predicted molar refractivity (Wildman–Crippen MR) is 80.2 cm³/mol. The summed E-state index contributed by atoms with van der Waals surface area (Å²) in [6.07, 6.45) is 4.75. The number of aromatic nitrogens is 5. The van der Waals surface area contributed by atoms with Gasteiger partial charge in [0.2, 0.25) is 0 Å². The van der Waals surface area contributed by atoms with Crippen molar-refractivity contribution >= 4 is 28.1 Å². The van der Waals surface area contributed by atoms with E-state index < -0.39 is 0 Å². The zero-order chi connectivity index (χ0) is 13.9. The second-order valence-electron chi connectivity index (χ2n) is 4.36. The molecule has 106 valence electrons. The van der Waals surface area contributed by atoms with Crippen molar-refractivity contribution in [3.63, 3.8) is 0 Å². The summed E-state index contributed by atoms with van der Waals surface area (Å²) in [7, 11) is 1.89. The van der Waals surface area contributed by atoms with Crippen LogP contribution in [0.3, 0.4) is 0 Å². The molecular weight excluding hydrogens is 292 g/mol. The van der Waals surface area contributed by atoms with Crippen LogP contribution in [0, 0.1) is 0 Å². The summed E-state index contributed by atoms with van der Waals surface area (Å²) in [6.45, 7) is 3.98. The number of imidazole rings is 1. The molecule has 20 heavy (non-hydrogen) atoms. The molecule has 6 nitrogen and oxygen atoms in total. The predicted octanol–water partition coefficient (Wildman–Crippen LogP) is 2.18. The van der Waals surface area contributed by atoms with Gasteiger partial charge >= 0.3 is 0 Å². The maximum absolute atomic E-state index is 4.69. The summed E-state index contributed by atoms with van der Waals surface area (Å²) in [4.78, 5) is 9.96. The molecule has 0 saturated carbocycles. The highest BCUT2D eigenvalue weighted by molar-refractivity contribution is 7.99. The Morgan fingerprint density at radius 1 is 1.45 bits per heavy atom. The molecule has 0 spiro atoms. The Labute approximate surface area is 125 Å². The van der Waals surface area contributed by atoms with Gasteiger partial charge in [0.1, 0.15) is 11.4 Å². The second kappa shape index (κ2) is 5.94. The molecule has 0 amide bonds. The van der Waals surface area contributed by atoms with Crippen molar-refractivity contribution in [2.24, 2.45) is 7.05 Å². The topological polar surface area (TPSA) is 60.0 Å². The van der Waals surface area contributed by atoms with Gasteiger partial charge in [-0.05, 0) is 24.7 Å². The smallest absolute Gasteiger partial charge is 0.194 e. The molecular formula is C12H16N6S2. The highest BCUT2D eigenvalue weighted by Crippen LogP contribution is 2.30. The maximum atomic E-state index is 4.69. The molecule has 0 aliphatic rings. The van der Waals surface area contributed by atoms with E-state index in [1.165, 1.54) is 5.69 Å². The Morgan fingerprint density at radius 2 is 2.35 bits per heavy atom. The van der Waals surface area contributed by atoms with Crippen LogP contribution in [-0.2, 0) is 13.6 Å². The average Bonchev–Trinajstić information content (AvgIpc) is 3.10. The van der Waals surface area contributed by atoms with E-state index in [0.717, 1.165) is 34.7 Å². The van der Waals surface area contributed by atoms with Gasteiger partial charge in [-0.3, -0.25) is 4.40 Å². The molecule has 3 rings (SSSR count). The Hall–Kier alpha value is -1.38. The zero-order valence-electron chi connectivity index (χ0n) is 11.4. The first-order chi connectivity index (χ1) is 9.79. The van der Waals surface area contributed by atoms with Crippen molar-refractivity contribution in [2.45, 2.75) is 30.1 Å². The number of hydrogen-bond acceptors (Lipinski definition) is 6. The minimum Gasteiger partial charge on any atom is -0.311 e. The van der Waals surface area contributed by atoms with Crippen LogP contribution in [0.1, 0.15) is 19.0 Å². The third kappa shape index (κ3) is 2.58. The number of rotatable bonds is 6. The number of hydrogen-bond donors (Lipinski definition) is 1. The highest BCUT2D eigenvalue weighted by atomic mass is 32.2. The molecule has 0 bridgehead atoms. The van der Waals surface area contributed by atoms with E-state index in [9.17, 15) is 0 Å². The number of nitrogens with zero attached hydrogens (tertiary/aromatic N) is 5. The summed E-state index contributed by atoms with van der Waals surface area (Å²) in [5.41, 5.74) is 1.18. The van der Waals surface area contributed by atoms with Gasteiger partial charge < -0.3 is 5.32 Å². The molecule has 0 aliphatic carbocycles. The lowest BCUT2D eigenvalue weighted by molar-refractivity contribution is 0.651. The molecule has 0 saturated heterocycles. The summed E-state index contributed by atoms with van der Waals surface area (Å²) >= 11 is 3.21. The molecule has 0 fully saturated rings. The summed E-state index contributed by atoms with van der Waals surface area (Å²) < 4.78 is 3.91. The number of nitrogens with one attached hydrogen (secondary N) is 1. The van der Waals surface area contributed by atoms with E-state index >= 15 is 0 Å². The molecule has 0 aromatic carbocycles. The molecule has 8 heteroatoms. The van der Waals surface area contributed by atoms with Crippen LogP contribution >= 0.6 is 23.1 Å². The SMILES string of the molecule is CCCNCc1c(Sc2ncnn2C)nc2sccn12. The Kier molecular flexibility index (Phi) is 4.04. The minimum absolute atomic E-state index is 0.811. The number of aryl methyl sites for hydroxylation is 1. The van der Waals surface area contributed by atoms with Crippen LogP contribution in [0.2, 0.25) is 0 Å². The molecule has 0 radical (unpaired) electrons. The van der Waals surface area contributed by atoms with Crippen LogP contribution in [-0.4, -0.2) is 30.7 Å². The Morgan fingerprint density at radius 3 is 3.10 bits per heavy atom. The van der Waals surface area contributed by atoms with Crippen molar-refractivity contribution in [1.29, 1.82) is 0 Å². The van der Waals surface area contributed by atoms with Crippen LogP contribution in [0.5, 0.6) is 0 Å². The number of thiazole rings is 1. The molecule has 3 heterocycles. The van der Waals surface area contributed by atoms with Crippen molar-refractivity contribution in [3.8, 4) is 0 Å². The van der Waals surface area contributed by atoms with E-state index in [4.69, 9.17) is 4.98 Å². The van der Waals surface area contributed by atoms with Gasteiger partial charge in [-0.1, -0.05) is 6.92 Å². The lowest BCUT2D eigenvalue weighted by Crippen LogP contribution is -2.15. The van der Waals surface area contributed by atoms with Gasteiger partial charge in [-0.25, -0.2) is 14.6 Å². The Balaban J connectivity index is 1.90. The van der Waals surface area contributed by atoms with Crippen LogP contribution in [0.4, 0.5) is 0 Å². The van der Waals surface area contributed by atoms with E-state index in [2.05, 4.69) is 38.3 Å². The molecule has 0 unspecified atom stereocenters. The number of fused-ring (bicyclic) bond motifs is 1. The van der Waals surface area contributed by atoms with Crippen LogP contribution in [0.15, 0.2) is 28.1 Å². The summed E-state index contributed by atoms with van der Waals surface area (Å²) in [5, 5.41) is 11.4. The molecule has 1 N–H and O–H groups in total. The lowest BCUT2D eigenvalue weighted by Gasteiger charge is -2.05. The fourth-order valence-corrected chi connectivity index (χ4v) is 3.57. The van der Waals surface area contributed by atoms with E-state index in [1.807, 2.05) is 7.05 Å². The van der Waals surface area contributed by atoms with E-state index in [0.29, 0.717) is 0 Å². The highest BCUT2D eigenvalue weighted by Gasteiger charge is 2.16. The van der Waals surface area contributed by atoms with Crippen LogP contribution in [0.25, 0.3) is 4.96 Å². The first-order valence-electron chi connectivity index (χ1n) is 6.46. The monoisotopic (exact) mass is 308 g/mol. The van der Waals surface area contributed by atoms with Gasteiger partial charge in [0.25, 0.3) is 0 Å². The molecule has 0 aliphatic heterocycles. The lowest BCUT2D eigenvalue weighted by atomic mass is 10.4. The minimum atomic E-state index is 0.811. The molecule has 3 aromatic rings. The first kappa shape index (κ1) is 13.6. The van der Waals surface area contributed by atoms with E-state index in [1.54, 1.807) is 34.1 Å². The third-order valence-corrected chi connectivity index (χ3v) is 4.73. The van der Waals surface area contributed by atoms with Gasteiger partial charge in [0.05, 0.1) is 5.69 Å². The fourth-order valence-electron chi connectivity index (χ4n) is 1.90. The quantitative estimate of drug-likeness (QED) is 0.707. The Bertz CT molecular complexity index is 698. The van der Waals surface area contributed by atoms with Crippen molar-refractivity contribution in [2.75, 3.05) is 6.54 Å². The van der Waals surface area contributed by atoms with Crippen molar-refractivity contribution < 1.29 is 0 Å². The maximum Gasteiger partial charge on any atom is 0.194 e. The van der Waals surface area contributed by atoms with Crippen molar-refractivity contribution in [3.05, 3.63) is 23.6 Å². The summed E-state index contributed by atoms with van der Waals surface area (Å²) in [5.74, 6) is 0. The summed E-state index contributed by atoms with van der Waals surface area (Å²) in [6, 6.07) is 0. The molecule has 0 atom stereocenters. The van der Waals surface area contributed by atoms with Crippen LogP contribution < -0.4 is 5.32 Å². The van der Waals surface area contributed by atoms with Gasteiger partial charge in [0.15, 0.2) is 10.1 Å². The second-order valence-corrected chi connectivity index (χ2v) is 6.19. The van der Waals surface area contributed by atoms with E-state index in [-0.39, 0.29) is 0 Å². The van der Waals surface area contributed by atoms with Gasteiger partial charge in [0, 0.05) is 25.2 Å². The third-order valence-electron chi connectivity index (χ3n) is 2.90. The van der Waals surface area contributed by atoms with Gasteiger partial charge in [-0.2, -0.15) is 5.10 Å². The molecule has 3 aromatic heterocycles. The largest absolute Gasteiger partial charge is 0.311 e. The normalized spacial score (nSPS) is 11.5. The van der Waals surface area contributed by atoms with Crippen molar-refractivity contribution in [1.82, 2.24) is 29.5 Å². The van der Waals surface area contributed by atoms with Gasteiger partial charge in [-0.15, -0.1) is 11.3 Å². The zero-order valence-corrected chi connectivity index (χ0v) is 13.0. The standard InChI is InChI=1S/C12H16N6S2/c1-3-4-13-7-9-10(16-12-18(9)5-6-19-12)20-11-14-8-15-17(11)2/h5-6,8,13H,3-4,7H2,1-2H3.